The molecule has 1 aromatic carbocycles. The maximum Gasteiger partial charge on any atom is 0.326 e. The van der Waals surface area contributed by atoms with E-state index in [1.54, 1.807) is 0 Å². The smallest absolute Gasteiger partial charge is 0.326 e. The van der Waals surface area contributed by atoms with Gasteiger partial charge in [-0.25, -0.2) is 4.79 Å². The summed E-state index contributed by atoms with van der Waals surface area (Å²) in [5.74, 6) is -1.02. The van der Waals surface area contributed by atoms with Crippen LogP contribution >= 0.6 is 0 Å². The number of fused-ring (bicyclic) bond motifs is 1. The van der Waals surface area contributed by atoms with Crippen molar-refractivity contribution in [2.45, 2.75) is 38.6 Å². The number of hydrogen-bond donors (Lipinski definition) is 3. The highest BCUT2D eigenvalue weighted by Gasteiger charge is 2.37. The summed E-state index contributed by atoms with van der Waals surface area (Å²) >= 11 is 0. The van der Waals surface area contributed by atoms with Crippen molar-refractivity contribution < 1.29 is 14.7 Å². The van der Waals surface area contributed by atoms with Crippen LogP contribution < -0.4 is 5.32 Å². The van der Waals surface area contributed by atoms with Gasteiger partial charge in [0.05, 0.1) is 0 Å². The van der Waals surface area contributed by atoms with Gasteiger partial charge in [-0.15, -0.1) is 0 Å². The van der Waals surface area contributed by atoms with Gasteiger partial charge in [-0.1, -0.05) is 18.2 Å². The van der Waals surface area contributed by atoms with Gasteiger partial charge in [0.1, 0.15) is 6.04 Å². The van der Waals surface area contributed by atoms with Crippen LogP contribution in [0, 0.1) is 12.8 Å². The second kappa shape index (κ2) is 5.83. The Kier molecular flexibility index (Phi) is 3.88. The predicted molar refractivity (Wildman–Crippen MR) is 83.6 cm³/mol. The molecule has 5 nitrogen and oxygen atoms in total. The van der Waals surface area contributed by atoms with E-state index in [9.17, 15) is 9.59 Å². The Morgan fingerprint density at radius 2 is 2.18 bits per heavy atom. The highest BCUT2D eigenvalue weighted by Crippen LogP contribution is 2.32. The number of nitrogens with one attached hydrogen (secondary N) is 2. The molecule has 22 heavy (non-hydrogen) atoms. The van der Waals surface area contributed by atoms with Gasteiger partial charge < -0.3 is 15.4 Å². The number of hydrogen-bond acceptors (Lipinski definition) is 2. The molecule has 0 aliphatic heterocycles. The van der Waals surface area contributed by atoms with E-state index in [4.69, 9.17) is 5.11 Å². The van der Waals surface area contributed by atoms with Gasteiger partial charge in [0, 0.05) is 23.5 Å². The highest BCUT2D eigenvalue weighted by atomic mass is 16.4. The van der Waals surface area contributed by atoms with Gasteiger partial charge in [-0.3, -0.25) is 4.79 Å². The van der Waals surface area contributed by atoms with E-state index in [1.807, 2.05) is 31.3 Å². The Labute approximate surface area is 128 Å². The Balaban J connectivity index is 1.62. The minimum atomic E-state index is -0.932. The number of rotatable bonds is 6. The number of benzene rings is 1. The van der Waals surface area contributed by atoms with Gasteiger partial charge >= 0.3 is 5.97 Å². The quantitative estimate of drug-likeness (QED) is 0.766. The van der Waals surface area contributed by atoms with Gasteiger partial charge in [0.25, 0.3) is 0 Å². The highest BCUT2D eigenvalue weighted by molar-refractivity contribution is 5.87. The number of aromatic amines is 1. The fraction of sp³-hybridized carbons (Fsp3) is 0.412. The van der Waals surface area contributed by atoms with E-state index in [0.29, 0.717) is 12.8 Å². The largest absolute Gasteiger partial charge is 0.480 e. The van der Waals surface area contributed by atoms with Crippen molar-refractivity contribution in [1.29, 1.82) is 0 Å². The second-order valence-electron chi connectivity index (χ2n) is 6.03. The molecule has 0 saturated heterocycles. The first-order chi connectivity index (χ1) is 10.6. The van der Waals surface area contributed by atoms with Crippen LogP contribution in [0.4, 0.5) is 0 Å². The average Bonchev–Trinajstić information content (AvgIpc) is 3.23. The number of carboxylic acids is 1. The minimum absolute atomic E-state index is 0.109. The number of aliphatic carboxylic acids is 1. The van der Waals surface area contributed by atoms with E-state index in [2.05, 4.69) is 10.3 Å². The molecule has 116 valence electrons. The lowest BCUT2D eigenvalue weighted by Crippen LogP contribution is -2.42. The van der Waals surface area contributed by atoms with Crippen molar-refractivity contribution in [2.75, 3.05) is 0 Å². The molecule has 1 fully saturated rings. The zero-order chi connectivity index (χ0) is 15.7. The SMILES string of the molecule is Cc1cccc2c(CCC(=O)NC(C(=O)O)C3CC3)c[nH]c12. The van der Waals surface area contributed by atoms with E-state index >= 15 is 0 Å². The lowest BCUT2D eigenvalue weighted by atomic mass is 10.1. The normalized spacial score (nSPS) is 15.7. The molecular formula is C17H20N2O3. The monoisotopic (exact) mass is 300 g/mol. The number of carboxylic acid groups (broad SMARTS) is 1. The molecule has 0 spiro atoms. The maximum absolute atomic E-state index is 12.0. The van der Waals surface area contributed by atoms with Gasteiger partial charge in [0.2, 0.25) is 5.91 Å². The molecule has 0 radical (unpaired) electrons. The van der Waals surface area contributed by atoms with Gasteiger partial charge in [-0.2, -0.15) is 0 Å². The summed E-state index contributed by atoms with van der Waals surface area (Å²) < 4.78 is 0. The Hall–Kier alpha value is -2.30. The molecule has 3 N–H and O–H groups in total. The lowest BCUT2D eigenvalue weighted by molar-refractivity contribution is -0.142. The Morgan fingerprint density at radius 1 is 1.41 bits per heavy atom. The minimum Gasteiger partial charge on any atom is -0.480 e. The summed E-state index contributed by atoms with van der Waals surface area (Å²) in [4.78, 5) is 26.4. The van der Waals surface area contributed by atoms with Crippen molar-refractivity contribution in [1.82, 2.24) is 10.3 Å². The topological polar surface area (TPSA) is 82.2 Å². The number of para-hydroxylation sites is 1. The third-order valence-electron chi connectivity index (χ3n) is 4.31. The van der Waals surface area contributed by atoms with Crippen molar-refractivity contribution in [2.24, 2.45) is 5.92 Å². The summed E-state index contributed by atoms with van der Waals surface area (Å²) in [6.07, 6.45) is 4.61. The molecule has 1 atom stereocenters. The van der Waals surface area contributed by atoms with Crippen LogP contribution in [0.15, 0.2) is 24.4 Å². The number of aromatic nitrogens is 1. The van der Waals surface area contributed by atoms with Gasteiger partial charge in [-0.05, 0) is 43.2 Å². The molecule has 3 rings (SSSR count). The fourth-order valence-electron chi connectivity index (χ4n) is 2.88. The molecule has 1 saturated carbocycles. The fourth-order valence-corrected chi connectivity index (χ4v) is 2.88. The number of H-pyrrole nitrogens is 1. The van der Waals surface area contributed by atoms with Crippen molar-refractivity contribution in [3.8, 4) is 0 Å². The summed E-state index contributed by atoms with van der Waals surface area (Å²) in [5, 5.41) is 12.9. The number of aryl methyl sites for hydroxylation is 2. The Morgan fingerprint density at radius 3 is 2.86 bits per heavy atom. The van der Waals surface area contributed by atoms with Crippen LogP contribution in [0.3, 0.4) is 0 Å². The molecule has 1 aromatic heterocycles. The molecule has 1 amide bonds. The molecule has 1 aliphatic carbocycles. The van der Waals surface area contributed by atoms with Crippen LogP contribution in [0.2, 0.25) is 0 Å². The molecule has 1 unspecified atom stereocenters. The molecule has 1 aliphatic rings. The van der Waals surface area contributed by atoms with E-state index in [1.165, 1.54) is 5.56 Å². The lowest BCUT2D eigenvalue weighted by Gasteiger charge is -2.13. The predicted octanol–water partition coefficient (Wildman–Crippen LogP) is 2.39. The first-order valence-electron chi connectivity index (χ1n) is 7.64. The van der Waals surface area contributed by atoms with Crippen LogP contribution in [0.25, 0.3) is 10.9 Å². The van der Waals surface area contributed by atoms with E-state index < -0.39 is 12.0 Å². The standard InChI is InChI=1S/C17H20N2O3/c1-10-3-2-4-13-12(9-18-15(10)13)7-8-14(20)19-16(17(21)22)11-5-6-11/h2-4,9,11,16,18H,5-8H2,1H3,(H,19,20)(H,21,22). The first kappa shape index (κ1) is 14.6. The maximum atomic E-state index is 12.0. The second-order valence-corrected chi connectivity index (χ2v) is 6.03. The zero-order valence-corrected chi connectivity index (χ0v) is 12.6. The summed E-state index contributed by atoms with van der Waals surface area (Å²) in [5.41, 5.74) is 3.36. The zero-order valence-electron chi connectivity index (χ0n) is 12.6. The van der Waals surface area contributed by atoms with Crippen molar-refractivity contribution in [3.63, 3.8) is 0 Å². The summed E-state index contributed by atoms with van der Waals surface area (Å²) in [6.45, 7) is 2.04. The first-order valence-corrected chi connectivity index (χ1v) is 7.64. The average molecular weight is 300 g/mol. The van der Waals surface area contributed by atoms with Crippen molar-refractivity contribution >= 4 is 22.8 Å². The van der Waals surface area contributed by atoms with Crippen LogP contribution in [0.5, 0.6) is 0 Å². The molecule has 5 heteroatoms. The van der Waals surface area contributed by atoms with Crippen molar-refractivity contribution in [3.05, 3.63) is 35.5 Å². The van der Waals surface area contributed by atoms with Crippen LogP contribution in [0.1, 0.15) is 30.4 Å². The molecule has 1 heterocycles. The number of carbonyl (C=O) groups is 2. The third kappa shape index (κ3) is 2.98. The molecule has 2 aromatic rings. The molecular weight excluding hydrogens is 280 g/mol. The third-order valence-corrected chi connectivity index (χ3v) is 4.31. The van der Waals surface area contributed by atoms with Crippen LogP contribution in [-0.4, -0.2) is 28.0 Å². The summed E-state index contributed by atoms with van der Waals surface area (Å²) in [6, 6.07) is 5.36. The van der Waals surface area contributed by atoms with Crippen LogP contribution in [-0.2, 0) is 16.0 Å². The number of carbonyl (C=O) groups excluding carboxylic acids is 1. The summed E-state index contributed by atoms with van der Waals surface area (Å²) in [7, 11) is 0. The Bertz CT molecular complexity index is 716. The van der Waals surface area contributed by atoms with E-state index in [-0.39, 0.29) is 11.8 Å². The number of amides is 1. The molecule has 0 bridgehead atoms. The van der Waals surface area contributed by atoms with Gasteiger partial charge in [0.15, 0.2) is 0 Å². The van der Waals surface area contributed by atoms with E-state index in [0.717, 1.165) is 29.3 Å².